The first-order valence-corrected chi connectivity index (χ1v) is 8.33. The van der Waals surface area contributed by atoms with Crippen molar-refractivity contribution >= 4 is 17.6 Å². The number of carboxylic acids is 1. The number of ether oxygens (including phenoxy) is 1. The van der Waals surface area contributed by atoms with Gasteiger partial charge in [0.1, 0.15) is 11.3 Å². The lowest BCUT2D eigenvalue weighted by Gasteiger charge is -2.17. The maximum absolute atomic E-state index is 11.3. The van der Waals surface area contributed by atoms with Crippen LogP contribution in [0.3, 0.4) is 0 Å². The molecule has 1 N–H and O–H groups in total. The number of methoxy groups -OCH3 is 1. The summed E-state index contributed by atoms with van der Waals surface area (Å²) < 4.78 is 5.11. The number of aromatic carboxylic acids is 1. The Bertz CT molecular complexity index is 747. The number of rotatable bonds is 5. The van der Waals surface area contributed by atoms with E-state index in [-0.39, 0.29) is 5.56 Å². The molecule has 0 spiro atoms. The molecule has 2 aromatic carbocycles. The van der Waals surface area contributed by atoms with Gasteiger partial charge >= 0.3 is 5.97 Å². The molecule has 3 rings (SSSR count). The number of carbonyl (C=O) groups is 1. The molecule has 0 bridgehead atoms. The molecule has 2 aromatic rings. The molecule has 126 valence electrons. The molecular formula is C19H20ClNO3. The maximum Gasteiger partial charge on any atom is 0.339 e. The highest BCUT2D eigenvalue weighted by molar-refractivity contribution is 6.31. The van der Waals surface area contributed by atoms with E-state index in [1.165, 1.54) is 12.7 Å². The first kappa shape index (κ1) is 16.8. The fraction of sp³-hybridized carbons (Fsp3) is 0.316. The van der Waals surface area contributed by atoms with Crippen LogP contribution in [0.15, 0.2) is 42.5 Å². The van der Waals surface area contributed by atoms with Gasteiger partial charge in [-0.3, -0.25) is 4.90 Å². The highest BCUT2D eigenvalue weighted by Gasteiger charge is 2.25. The Hall–Kier alpha value is -2.04. The molecule has 0 radical (unpaired) electrons. The monoisotopic (exact) mass is 345 g/mol. The lowest BCUT2D eigenvalue weighted by Crippen LogP contribution is -2.20. The second kappa shape index (κ2) is 7.24. The van der Waals surface area contributed by atoms with Crippen LogP contribution in [0.2, 0.25) is 5.02 Å². The lowest BCUT2D eigenvalue weighted by molar-refractivity contribution is 0.0693. The highest BCUT2D eigenvalue weighted by Crippen LogP contribution is 2.32. The Morgan fingerprint density at radius 2 is 2.12 bits per heavy atom. The molecule has 1 fully saturated rings. The summed E-state index contributed by atoms with van der Waals surface area (Å²) in [5, 5.41) is 10.1. The van der Waals surface area contributed by atoms with Gasteiger partial charge in [-0.05, 0) is 48.2 Å². The van der Waals surface area contributed by atoms with Crippen molar-refractivity contribution < 1.29 is 14.6 Å². The maximum atomic E-state index is 11.3. The third-order valence-electron chi connectivity index (χ3n) is 4.52. The molecule has 5 heteroatoms. The Morgan fingerprint density at radius 1 is 1.33 bits per heavy atom. The molecule has 4 nitrogen and oxygen atoms in total. The molecule has 0 aromatic heterocycles. The van der Waals surface area contributed by atoms with E-state index >= 15 is 0 Å². The predicted octanol–water partition coefficient (Wildman–Crippen LogP) is 4.04. The second-order valence-corrected chi connectivity index (χ2v) is 6.49. The summed E-state index contributed by atoms with van der Waals surface area (Å²) >= 11 is 6.30. The normalized spacial score (nSPS) is 17.8. The van der Waals surface area contributed by atoms with E-state index in [1.807, 2.05) is 24.3 Å². The van der Waals surface area contributed by atoms with Crippen molar-refractivity contribution in [3.8, 4) is 5.75 Å². The topological polar surface area (TPSA) is 49.8 Å². The van der Waals surface area contributed by atoms with E-state index in [2.05, 4.69) is 11.0 Å². The van der Waals surface area contributed by atoms with Crippen molar-refractivity contribution in [3.63, 3.8) is 0 Å². The summed E-state index contributed by atoms with van der Waals surface area (Å²) in [6.07, 6.45) is 1.06. The molecule has 0 aliphatic carbocycles. The number of halogens is 1. The van der Waals surface area contributed by atoms with Crippen molar-refractivity contribution in [1.29, 1.82) is 0 Å². The van der Waals surface area contributed by atoms with Crippen LogP contribution in [0.25, 0.3) is 0 Å². The minimum Gasteiger partial charge on any atom is -0.496 e. The van der Waals surface area contributed by atoms with Gasteiger partial charge in [-0.25, -0.2) is 4.79 Å². The van der Waals surface area contributed by atoms with E-state index in [1.54, 1.807) is 12.1 Å². The molecule has 24 heavy (non-hydrogen) atoms. The standard InChI is InChI=1S/C19H20ClNO3/c1-24-18-7-6-13(10-16(18)19(22)23)11-21-9-8-14(12-21)15-4-2-3-5-17(15)20/h2-7,10,14H,8-9,11-12H2,1H3,(H,22,23)/t14-/m1/s1. The molecule has 0 unspecified atom stereocenters. The molecular weight excluding hydrogens is 326 g/mol. The molecule has 1 aliphatic heterocycles. The Labute approximate surface area is 146 Å². The molecule has 0 amide bonds. The predicted molar refractivity (Wildman–Crippen MR) is 94.0 cm³/mol. The smallest absolute Gasteiger partial charge is 0.339 e. The third kappa shape index (κ3) is 3.55. The van der Waals surface area contributed by atoms with E-state index in [0.29, 0.717) is 11.7 Å². The number of benzene rings is 2. The average molecular weight is 346 g/mol. The van der Waals surface area contributed by atoms with Crippen LogP contribution in [0.5, 0.6) is 5.75 Å². The third-order valence-corrected chi connectivity index (χ3v) is 4.86. The zero-order chi connectivity index (χ0) is 17.1. The average Bonchev–Trinajstić information content (AvgIpc) is 3.03. The lowest BCUT2D eigenvalue weighted by atomic mass is 9.98. The van der Waals surface area contributed by atoms with Gasteiger partial charge in [0.05, 0.1) is 7.11 Å². The number of carboxylic acid groups (broad SMARTS) is 1. The van der Waals surface area contributed by atoms with Gasteiger partial charge in [0.15, 0.2) is 0 Å². The number of nitrogens with zero attached hydrogens (tertiary/aromatic N) is 1. The molecule has 1 saturated heterocycles. The van der Waals surface area contributed by atoms with Gasteiger partial charge in [0.25, 0.3) is 0 Å². The SMILES string of the molecule is COc1ccc(CN2CC[C@@H](c3ccccc3Cl)C2)cc1C(=O)O. The van der Waals surface area contributed by atoms with E-state index in [0.717, 1.165) is 36.6 Å². The fourth-order valence-electron chi connectivity index (χ4n) is 3.32. The summed E-state index contributed by atoms with van der Waals surface area (Å²) in [5.41, 5.74) is 2.38. The van der Waals surface area contributed by atoms with Crippen molar-refractivity contribution in [2.75, 3.05) is 20.2 Å². The number of likely N-dealkylation sites (tertiary alicyclic amines) is 1. The molecule has 0 saturated carbocycles. The highest BCUT2D eigenvalue weighted by atomic mass is 35.5. The van der Waals surface area contributed by atoms with Crippen molar-refractivity contribution in [1.82, 2.24) is 4.90 Å². The fourth-order valence-corrected chi connectivity index (χ4v) is 3.61. The number of hydrogen-bond donors (Lipinski definition) is 1. The molecule has 1 atom stereocenters. The summed E-state index contributed by atoms with van der Waals surface area (Å²) in [4.78, 5) is 13.7. The van der Waals surface area contributed by atoms with Crippen LogP contribution < -0.4 is 4.74 Å². The zero-order valence-electron chi connectivity index (χ0n) is 13.5. The van der Waals surface area contributed by atoms with Crippen LogP contribution in [-0.4, -0.2) is 36.2 Å². The van der Waals surface area contributed by atoms with E-state index in [9.17, 15) is 9.90 Å². The van der Waals surface area contributed by atoms with Gasteiger partial charge in [-0.15, -0.1) is 0 Å². The summed E-state index contributed by atoms with van der Waals surface area (Å²) in [5.74, 6) is -0.151. The van der Waals surface area contributed by atoms with Crippen LogP contribution in [-0.2, 0) is 6.54 Å². The molecule has 1 aliphatic rings. The van der Waals surface area contributed by atoms with Crippen molar-refractivity contribution in [2.45, 2.75) is 18.9 Å². The van der Waals surface area contributed by atoms with Gasteiger partial charge in [-0.1, -0.05) is 35.9 Å². The first-order chi connectivity index (χ1) is 11.6. The van der Waals surface area contributed by atoms with E-state index in [4.69, 9.17) is 16.3 Å². The van der Waals surface area contributed by atoms with Crippen molar-refractivity contribution in [3.05, 3.63) is 64.2 Å². The summed E-state index contributed by atoms with van der Waals surface area (Å²) in [6.45, 7) is 2.63. The van der Waals surface area contributed by atoms with Crippen LogP contribution >= 0.6 is 11.6 Å². The first-order valence-electron chi connectivity index (χ1n) is 7.95. The Balaban J connectivity index is 1.71. The van der Waals surface area contributed by atoms with Gasteiger partial charge in [-0.2, -0.15) is 0 Å². The quantitative estimate of drug-likeness (QED) is 0.888. The van der Waals surface area contributed by atoms with Crippen LogP contribution in [0.1, 0.15) is 33.8 Å². The largest absolute Gasteiger partial charge is 0.496 e. The Morgan fingerprint density at radius 3 is 2.83 bits per heavy atom. The second-order valence-electron chi connectivity index (χ2n) is 6.08. The summed E-state index contributed by atoms with van der Waals surface area (Å²) in [6, 6.07) is 13.3. The minimum atomic E-state index is -0.968. The van der Waals surface area contributed by atoms with Gasteiger partial charge in [0.2, 0.25) is 0 Å². The molecule has 1 heterocycles. The van der Waals surface area contributed by atoms with Crippen LogP contribution in [0.4, 0.5) is 0 Å². The number of hydrogen-bond acceptors (Lipinski definition) is 3. The van der Waals surface area contributed by atoms with Crippen molar-refractivity contribution in [2.24, 2.45) is 0 Å². The van der Waals surface area contributed by atoms with Gasteiger partial charge < -0.3 is 9.84 Å². The van der Waals surface area contributed by atoms with Gasteiger partial charge in [0, 0.05) is 18.1 Å². The van der Waals surface area contributed by atoms with E-state index < -0.39 is 5.97 Å². The minimum absolute atomic E-state index is 0.205. The van der Waals surface area contributed by atoms with Crippen LogP contribution in [0, 0.1) is 0 Å². The zero-order valence-corrected chi connectivity index (χ0v) is 14.3. The Kier molecular flexibility index (Phi) is 5.07. The summed E-state index contributed by atoms with van der Waals surface area (Å²) in [7, 11) is 1.48.